The molecular weight excluding hydrogens is 324 g/mol. The Morgan fingerprint density at radius 3 is 2.59 bits per heavy atom. The molecule has 2 aromatic rings. The van der Waals surface area contributed by atoms with Crippen LogP contribution in [-0.2, 0) is 6.18 Å². The van der Waals surface area contributed by atoms with Gasteiger partial charge in [-0.15, -0.1) is 0 Å². The van der Waals surface area contributed by atoms with Crippen LogP contribution in [0.1, 0.15) is 21.5 Å². The molecule has 116 valence electrons. The number of alkyl halides is 3. The van der Waals surface area contributed by atoms with E-state index in [1.807, 2.05) is 0 Å². The van der Waals surface area contributed by atoms with Gasteiger partial charge in [-0.25, -0.2) is 4.39 Å². The van der Waals surface area contributed by atoms with E-state index in [2.05, 4.69) is 10.3 Å². The number of benzene rings is 1. The van der Waals surface area contributed by atoms with Crippen molar-refractivity contribution in [2.75, 3.05) is 5.32 Å². The van der Waals surface area contributed by atoms with Crippen molar-refractivity contribution < 1.29 is 22.4 Å². The Labute approximate surface area is 127 Å². The summed E-state index contributed by atoms with van der Waals surface area (Å²) in [6.07, 6.45) is -2.02. The standard InChI is InChI=1S/C14H9ClF4N2O/c1-7-11(13(22)21-8-3-2-4-20-6-8)10(16)5-9(12(7)15)14(17,18)19/h2-6H,1H3,(H,21,22). The molecule has 22 heavy (non-hydrogen) atoms. The van der Waals surface area contributed by atoms with Crippen LogP contribution in [-0.4, -0.2) is 10.9 Å². The van der Waals surface area contributed by atoms with Gasteiger partial charge in [0, 0.05) is 6.20 Å². The summed E-state index contributed by atoms with van der Waals surface area (Å²) in [4.78, 5) is 15.8. The molecule has 0 unspecified atom stereocenters. The average molecular weight is 333 g/mol. The van der Waals surface area contributed by atoms with Crippen molar-refractivity contribution in [2.24, 2.45) is 0 Å². The van der Waals surface area contributed by atoms with Crippen LogP contribution in [0.4, 0.5) is 23.2 Å². The van der Waals surface area contributed by atoms with Crippen molar-refractivity contribution >= 4 is 23.2 Å². The van der Waals surface area contributed by atoms with Gasteiger partial charge in [-0.3, -0.25) is 9.78 Å². The van der Waals surface area contributed by atoms with Crippen LogP contribution in [0, 0.1) is 12.7 Å². The highest BCUT2D eigenvalue weighted by molar-refractivity contribution is 6.32. The van der Waals surface area contributed by atoms with Gasteiger partial charge in [0.15, 0.2) is 0 Å². The molecule has 1 amide bonds. The van der Waals surface area contributed by atoms with Crippen molar-refractivity contribution in [3.05, 3.63) is 58.1 Å². The highest BCUT2D eigenvalue weighted by atomic mass is 35.5. The first-order chi connectivity index (χ1) is 10.2. The summed E-state index contributed by atoms with van der Waals surface area (Å²) in [6, 6.07) is 3.26. The Balaban J connectivity index is 2.44. The van der Waals surface area contributed by atoms with Crippen LogP contribution in [0.3, 0.4) is 0 Å². The van der Waals surface area contributed by atoms with E-state index in [-0.39, 0.29) is 17.3 Å². The number of nitrogens with zero attached hydrogens (tertiary/aromatic N) is 1. The molecule has 0 saturated heterocycles. The van der Waals surface area contributed by atoms with E-state index >= 15 is 0 Å². The lowest BCUT2D eigenvalue weighted by Crippen LogP contribution is -2.18. The smallest absolute Gasteiger partial charge is 0.320 e. The molecule has 0 aliphatic heterocycles. The number of aromatic nitrogens is 1. The monoisotopic (exact) mass is 332 g/mol. The number of carbonyl (C=O) groups excluding carboxylic acids is 1. The summed E-state index contributed by atoms with van der Waals surface area (Å²) in [5, 5.41) is 1.64. The molecule has 0 bridgehead atoms. The Hall–Kier alpha value is -2.15. The zero-order valence-electron chi connectivity index (χ0n) is 11.1. The van der Waals surface area contributed by atoms with Gasteiger partial charge in [-0.2, -0.15) is 13.2 Å². The molecule has 3 nitrogen and oxygen atoms in total. The van der Waals surface area contributed by atoms with E-state index in [4.69, 9.17) is 11.6 Å². The number of halogens is 5. The van der Waals surface area contributed by atoms with E-state index in [9.17, 15) is 22.4 Å². The number of rotatable bonds is 2. The Morgan fingerprint density at radius 2 is 2.05 bits per heavy atom. The fraction of sp³-hybridized carbons (Fsp3) is 0.143. The molecule has 0 radical (unpaired) electrons. The predicted molar refractivity (Wildman–Crippen MR) is 73.3 cm³/mol. The number of hydrogen-bond acceptors (Lipinski definition) is 2. The Bertz CT molecular complexity index is 717. The van der Waals surface area contributed by atoms with Crippen LogP contribution >= 0.6 is 11.6 Å². The van der Waals surface area contributed by atoms with Crippen molar-refractivity contribution in [1.29, 1.82) is 0 Å². The fourth-order valence-corrected chi connectivity index (χ4v) is 2.12. The maximum atomic E-state index is 13.9. The summed E-state index contributed by atoms with van der Waals surface area (Å²) in [7, 11) is 0. The second-order valence-electron chi connectivity index (χ2n) is 4.41. The highest BCUT2D eigenvalue weighted by Crippen LogP contribution is 2.38. The van der Waals surface area contributed by atoms with Gasteiger partial charge in [0.25, 0.3) is 5.91 Å². The molecule has 8 heteroatoms. The summed E-state index contributed by atoms with van der Waals surface area (Å²) >= 11 is 5.62. The zero-order chi connectivity index (χ0) is 16.5. The van der Waals surface area contributed by atoms with Crippen molar-refractivity contribution in [1.82, 2.24) is 4.98 Å². The minimum Gasteiger partial charge on any atom is -0.320 e. The van der Waals surface area contributed by atoms with E-state index in [0.717, 1.165) is 6.92 Å². The van der Waals surface area contributed by atoms with E-state index in [1.54, 1.807) is 6.07 Å². The molecule has 1 N–H and O–H groups in total. The number of pyridine rings is 1. The SMILES string of the molecule is Cc1c(Cl)c(C(F)(F)F)cc(F)c1C(=O)Nc1cccnc1. The number of nitrogens with one attached hydrogen (secondary N) is 1. The second kappa shape index (κ2) is 5.92. The van der Waals surface area contributed by atoms with Gasteiger partial charge in [0.2, 0.25) is 0 Å². The zero-order valence-corrected chi connectivity index (χ0v) is 11.9. The van der Waals surface area contributed by atoms with Crippen molar-refractivity contribution in [2.45, 2.75) is 13.1 Å². The molecular formula is C14H9ClF4N2O. The third-order valence-electron chi connectivity index (χ3n) is 2.90. The largest absolute Gasteiger partial charge is 0.417 e. The van der Waals surface area contributed by atoms with Crippen LogP contribution < -0.4 is 5.32 Å². The first-order valence-electron chi connectivity index (χ1n) is 5.99. The van der Waals surface area contributed by atoms with Crippen LogP contribution in [0.2, 0.25) is 5.02 Å². The van der Waals surface area contributed by atoms with Crippen LogP contribution in [0.25, 0.3) is 0 Å². The van der Waals surface area contributed by atoms with Crippen LogP contribution in [0.15, 0.2) is 30.6 Å². The van der Waals surface area contributed by atoms with Gasteiger partial charge in [-0.1, -0.05) is 11.6 Å². The summed E-state index contributed by atoms with van der Waals surface area (Å²) in [5.41, 5.74) is -1.86. The maximum Gasteiger partial charge on any atom is 0.417 e. The van der Waals surface area contributed by atoms with E-state index in [1.165, 1.54) is 18.5 Å². The van der Waals surface area contributed by atoms with Gasteiger partial charge >= 0.3 is 6.18 Å². The molecule has 0 spiro atoms. The normalized spacial score (nSPS) is 11.4. The lowest BCUT2D eigenvalue weighted by molar-refractivity contribution is -0.137. The molecule has 1 aromatic carbocycles. The van der Waals surface area contributed by atoms with Gasteiger partial charge in [0.05, 0.1) is 28.0 Å². The number of amides is 1. The Kier molecular flexibility index (Phi) is 4.37. The van der Waals surface area contributed by atoms with Crippen molar-refractivity contribution in [3.63, 3.8) is 0 Å². The average Bonchev–Trinajstić information content (AvgIpc) is 2.43. The lowest BCUT2D eigenvalue weighted by Gasteiger charge is -2.15. The highest BCUT2D eigenvalue weighted by Gasteiger charge is 2.36. The topological polar surface area (TPSA) is 42.0 Å². The fourth-order valence-electron chi connectivity index (χ4n) is 1.87. The number of anilines is 1. The summed E-state index contributed by atoms with van der Waals surface area (Å²) in [6.45, 7) is 1.15. The quantitative estimate of drug-likeness (QED) is 0.825. The van der Waals surface area contributed by atoms with Crippen LogP contribution in [0.5, 0.6) is 0 Å². The van der Waals surface area contributed by atoms with E-state index < -0.39 is 34.1 Å². The first kappa shape index (κ1) is 16.2. The number of hydrogen-bond donors (Lipinski definition) is 1. The van der Waals surface area contributed by atoms with Gasteiger partial charge in [0.1, 0.15) is 5.82 Å². The molecule has 2 rings (SSSR count). The van der Waals surface area contributed by atoms with Gasteiger partial charge in [-0.05, 0) is 30.7 Å². The third kappa shape index (κ3) is 3.19. The summed E-state index contributed by atoms with van der Waals surface area (Å²) in [5.74, 6) is -2.20. The Morgan fingerprint density at radius 1 is 1.36 bits per heavy atom. The molecule has 1 heterocycles. The first-order valence-corrected chi connectivity index (χ1v) is 6.36. The molecule has 0 aliphatic carbocycles. The molecule has 0 atom stereocenters. The van der Waals surface area contributed by atoms with E-state index in [0.29, 0.717) is 0 Å². The number of carbonyl (C=O) groups is 1. The maximum absolute atomic E-state index is 13.9. The molecule has 0 saturated carbocycles. The predicted octanol–water partition coefficient (Wildman–Crippen LogP) is 4.45. The third-order valence-corrected chi connectivity index (χ3v) is 3.39. The van der Waals surface area contributed by atoms with Crippen molar-refractivity contribution in [3.8, 4) is 0 Å². The second-order valence-corrected chi connectivity index (χ2v) is 4.79. The molecule has 1 aromatic heterocycles. The van der Waals surface area contributed by atoms with Gasteiger partial charge < -0.3 is 5.32 Å². The minimum absolute atomic E-state index is 0.216. The summed E-state index contributed by atoms with van der Waals surface area (Å²) < 4.78 is 52.1. The molecule has 0 aliphatic rings. The minimum atomic E-state index is -4.80. The molecule has 0 fully saturated rings. The lowest BCUT2D eigenvalue weighted by atomic mass is 10.0.